The van der Waals surface area contributed by atoms with Crippen molar-refractivity contribution in [3.63, 3.8) is 0 Å². The van der Waals surface area contributed by atoms with E-state index in [1.54, 1.807) is 12.1 Å². The van der Waals surface area contributed by atoms with Crippen molar-refractivity contribution in [2.24, 2.45) is 0 Å². The minimum atomic E-state index is -4.41. The molecule has 0 aromatic heterocycles. The number of hydrogen-bond acceptors (Lipinski definition) is 2. The second-order valence-corrected chi connectivity index (χ2v) is 4.10. The lowest BCUT2D eigenvalue weighted by Crippen LogP contribution is -2.04. The van der Waals surface area contributed by atoms with E-state index in [2.05, 4.69) is 0 Å². The fourth-order valence-electron chi connectivity index (χ4n) is 1.85. The highest BCUT2D eigenvalue weighted by Gasteiger charge is 2.30. The number of hydrogen-bond donors (Lipinski definition) is 0. The molecule has 2 aromatic rings. The van der Waals surface area contributed by atoms with Gasteiger partial charge in [0.2, 0.25) is 0 Å². The number of alkyl halides is 3. The Hall–Kier alpha value is -2.48. The Morgan fingerprint density at radius 2 is 1.85 bits per heavy atom. The summed E-state index contributed by atoms with van der Waals surface area (Å²) in [6.45, 7) is 0. The predicted octanol–water partition coefficient (Wildman–Crippen LogP) is 4.25. The van der Waals surface area contributed by atoms with Gasteiger partial charge in [-0.3, -0.25) is 0 Å². The Balaban J connectivity index is 2.59. The minimum absolute atomic E-state index is 0.296. The molecule has 0 N–H and O–H groups in total. The van der Waals surface area contributed by atoms with Gasteiger partial charge < -0.3 is 4.74 Å². The molecule has 2 rings (SSSR count). The summed E-state index contributed by atoms with van der Waals surface area (Å²) in [4.78, 5) is 0. The minimum Gasteiger partial charge on any atom is -0.497 e. The van der Waals surface area contributed by atoms with Crippen molar-refractivity contribution >= 4 is 0 Å². The van der Waals surface area contributed by atoms with Gasteiger partial charge in [0.15, 0.2) is 0 Å². The van der Waals surface area contributed by atoms with Crippen molar-refractivity contribution in [1.82, 2.24) is 0 Å². The summed E-state index contributed by atoms with van der Waals surface area (Å²) in [5, 5.41) is 9.06. The number of benzene rings is 2. The molecule has 0 bridgehead atoms. The van der Waals surface area contributed by atoms with Crippen LogP contribution in [0.15, 0.2) is 42.5 Å². The van der Waals surface area contributed by atoms with E-state index < -0.39 is 11.7 Å². The zero-order valence-electron chi connectivity index (χ0n) is 10.5. The highest BCUT2D eigenvalue weighted by molar-refractivity contribution is 5.72. The summed E-state index contributed by atoms with van der Waals surface area (Å²) in [5.41, 5.74) is 0.292. The molecule has 0 aliphatic heterocycles. The molecule has 5 heteroatoms. The van der Waals surface area contributed by atoms with Crippen LogP contribution >= 0.6 is 0 Å². The highest BCUT2D eigenvalue weighted by Crippen LogP contribution is 2.34. The van der Waals surface area contributed by atoms with Gasteiger partial charge in [0.05, 0.1) is 24.3 Å². The quantitative estimate of drug-likeness (QED) is 0.822. The standard InChI is InChI=1S/C15H10F3NO/c1-20-13-6-5-11(9-19)14(8-13)10-3-2-4-12(7-10)15(16,17)18/h2-8H,1H3. The Labute approximate surface area is 114 Å². The van der Waals surface area contributed by atoms with E-state index in [1.165, 1.54) is 25.3 Å². The third-order valence-electron chi connectivity index (χ3n) is 2.85. The van der Waals surface area contributed by atoms with Gasteiger partial charge in [0, 0.05) is 5.56 Å². The van der Waals surface area contributed by atoms with Gasteiger partial charge in [-0.05, 0) is 35.9 Å². The molecule has 2 aromatic carbocycles. The molecule has 0 saturated heterocycles. The predicted molar refractivity (Wildman–Crippen MR) is 68.1 cm³/mol. The van der Waals surface area contributed by atoms with Crippen LogP contribution in [0.2, 0.25) is 0 Å². The summed E-state index contributed by atoms with van der Waals surface area (Å²) in [6, 6.07) is 11.5. The normalized spacial score (nSPS) is 10.9. The zero-order valence-corrected chi connectivity index (χ0v) is 10.5. The van der Waals surface area contributed by atoms with Crippen molar-refractivity contribution in [2.75, 3.05) is 7.11 Å². The van der Waals surface area contributed by atoms with Crippen LogP contribution in [0.4, 0.5) is 13.2 Å². The Morgan fingerprint density at radius 3 is 2.45 bits per heavy atom. The fourth-order valence-corrected chi connectivity index (χ4v) is 1.85. The Morgan fingerprint density at radius 1 is 1.10 bits per heavy atom. The maximum absolute atomic E-state index is 12.7. The largest absolute Gasteiger partial charge is 0.497 e. The van der Waals surface area contributed by atoms with Crippen LogP contribution in [0.1, 0.15) is 11.1 Å². The van der Waals surface area contributed by atoms with Crippen LogP contribution in [0.25, 0.3) is 11.1 Å². The number of rotatable bonds is 2. The molecule has 20 heavy (non-hydrogen) atoms. The molecule has 0 aliphatic rings. The summed E-state index contributed by atoms with van der Waals surface area (Å²) < 4.78 is 43.2. The molecule has 0 heterocycles. The van der Waals surface area contributed by atoms with Crippen molar-refractivity contribution in [3.05, 3.63) is 53.6 Å². The van der Waals surface area contributed by atoms with E-state index in [1.807, 2.05) is 6.07 Å². The average molecular weight is 277 g/mol. The molecule has 0 fully saturated rings. The summed E-state index contributed by atoms with van der Waals surface area (Å²) in [5.74, 6) is 0.483. The summed E-state index contributed by atoms with van der Waals surface area (Å²) in [6.07, 6.45) is -4.41. The van der Waals surface area contributed by atoms with Gasteiger partial charge in [-0.2, -0.15) is 18.4 Å². The number of halogens is 3. The lowest BCUT2D eigenvalue weighted by Gasteiger charge is -2.11. The Bertz CT molecular complexity index is 672. The van der Waals surface area contributed by atoms with E-state index in [0.29, 0.717) is 22.4 Å². The maximum Gasteiger partial charge on any atom is 0.416 e. The van der Waals surface area contributed by atoms with Crippen LogP contribution < -0.4 is 4.74 Å². The molecule has 0 aliphatic carbocycles. The van der Waals surface area contributed by atoms with Gasteiger partial charge in [0.25, 0.3) is 0 Å². The molecule has 0 amide bonds. The molecule has 0 radical (unpaired) electrons. The average Bonchev–Trinajstić information content (AvgIpc) is 2.45. The van der Waals surface area contributed by atoms with Gasteiger partial charge >= 0.3 is 6.18 Å². The van der Waals surface area contributed by atoms with Crippen molar-refractivity contribution in [2.45, 2.75) is 6.18 Å². The van der Waals surface area contributed by atoms with Crippen molar-refractivity contribution in [1.29, 1.82) is 5.26 Å². The number of ether oxygens (including phenoxy) is 1. The van der Waals surface area contributed by atoms with Crippen LogP contribution in [0, 0.1) is 11.3 Å². The van der Waals surface area contributed by atoms with Crippen molar-refractivity contribution in [3.8, 4) is 22.9 Å². The van der Waals surface area contributed by atoms with Crippen molar-refractivity contribution < 1.29 is 17.9 Å². The third kappa shape index (κ3) is 2.75. The van der Waals surface area contributed by atoms with Crippen LogP contribution in [-0.2, 0) is 6.18 Å². The SMILES string of the molecule is COc1ccc(C#N)c(-c2cccc(C(F)(F)F)c2)c1. The van der Waals surface area contributed by atoms with Crippen LogP contribution in [0.3, 0.4) is 0 Å². The zero-order chi connectivity index (χ0) is 14.8. The monoisotopic (exact) mass is 277 g/mol. The topological polar surface area (TPSA) is 33.0 Å². The second-order valence-electron chi connectivity index (χ2n) is 4.10. The first kappa shape index (κ1) is 13.9. The van der Waals surface area contributed by atoms with E-state index >= 15 is 0 Å². The molecule has 0 unspecified atom stereocenters. The molecule has 0 saturated carbocycles. The van der Waals surface area contributed by atoms with Gasteiger partial charge in [-0.1, -0.05) is 12.1 Å². The van der Waals surface area contributed by atoms with Crippen LogP contribution in [0.5, 0.6) is 5.75 Å². The summed E-state index contributed by atoms with van der Waals surface area (Å²) in [7, 11) is 1.46. The van der Waals surface area contributed by atoms with Gasteiger partial charge in [-0.25, -0.2) is 0 Å². The van der Waals surface area contributed by atoms with Gasteiger partial charge in [0.1, 0.15) is 5.75 Å². The van der Waals surface area contributed by atoms with E-state index in [-0.39, 0.29) is 0 Å². The molecule has 2 nitrogen and oxygen atoms in total. The first-order valence-electron chi connectivity index (χ1n) is 5.71. The van der Waals surface area contributed by atoms with E-state index in [0.717, 1.165) is 12.1 Å². The number of methoxy groups -OCH3 is 1. The maximum atomic E-state index is 12.7. The third-order valence-corrected chi connectivity index (χ3v) is 2.85. The Kier molecular flexibility index (Phi) is 3.66. The molecule has 102 valence electrons. The van der Waals surface area contributed by atoms with E-state index in [4.69, 9.17) is 10.00 Å². The number of nitrogens with zero attached hydrogens (tertiary/aromatic N) is 1. The lowest BCUT2D eigenvalue weighted by molar-refractivity contribution is -0.137. The fraction of sp³-hybridized carbons (Fsp3) is 0.133. The molecule has 0 spiro atoms. The van der Waals surface area contributed by atoms with Gasteiger partial charge in [-0.15, -0.1) is 0 Å². The summed E-state index contributed by atoms with van der Waals surface area (Å²) >= 11 is 0. The molecular formula is C15H10F3NO. The lowest BCUT2D eigenvalue weighted by atomic mass is 9.98. The van der Waals surface area contributed by atoms with Crippen LogP contribution in [-0.4, -0.2) is 7.11 Å². The first-order valence-corrected chi connectivity index (χ1v) is 5.71. The molecule has 0 atom stereocenters. The number of nitriles is 1. The second kappa shape index (κ2) is 5.25. The highest BCUT2D eigenvalue weighted by atomic mass is 19.4. The molecular weight excluding hydrogens is 267 g/mol. The first-order chi connectivity index (χ1) is 9.45. The smallest absolute Gasteiger partial charge is 0.416 e. The van der Waals surface area contributed by atoms with E-state index in [9.17, 15) is 13.2 Å².